The molecular formula is C15H15N3S. The zero-order chi connectivity index (χ0) is 13.7. The van der Waals surface area contributed by atoms with Gasteiger partial charge < -0.3 is 5.73 Å². The number of rotatable bonds is 3. The fourth-order valence-electron chi connectivity index (χ4n) is 1.63. The first-order chi connectivity index (χ1) is 9.16. The van der Waals surface area contributed by atoms with E-state index < -0.39 is 0 Å². The number of nitrogens with zero attached hydrogens (tertiary/aromatic N) is 1. The molecule has 96 valence electrons. The second-order valence-corrected chi connectivity index (χ2v) is 4.46. The van der Waals surface area contributed by atoms with Crippen LogP contribution >= 0.6 is 12.2 Å². The summed E-state index contributed by atoms with van der Waals surface area (Å²) in [7, 11) is 0. The Morgan fingerprint density at radius 2 is 1.42 bits per heavy atom. The molecule has 0 unspecified atom stereocenters. The van der Waals surface area contributed by atoms with Crippen LogP contribution in [0.5, 0.6) is 0 Å². The molecule has 0 atom stereocenters. The summed E-state index contributed by atoms with van der Waals surface area (Å²) >= 11 is 4.81. The van der Waals surface area contributed by atoms with Crippen LogP contribution in [0, 0.1) is 0 Å². The summed E-state index contributed by atoms with van der Waals surface area (Å²) in [6.07, 6.45) is 4.10. The van der Waals surface area contributed by atoms with Crippen LogP contribution in [0.15, 0.2) is 54.6 Å². The molecule has 3 nitrogen and oxygen atoms in total. The molecule has 2 aromatic carbocycles. The van der Waals surface area contributed by atoms with E-state index >= 15 is 0 Å². The van der Waals surface area contributed by atoms with Crippen molar-refractivity contribution in [1.29, 1.82) is 0 Å². The van der Waals surface area contributed by atoms with Crippen LogP contribution in [0.25, 0.3) is 12.2 Å². The molecule has 0 radical (unpaired) electrons. The SMILES string of the molecule is NC(=S)N(N)c1ccc(/C=C/c2ccccc2)cc1. The standard InChI is InChI=1S/C15H15N3S/c16-15(19)18(17)14-10-8-13(9-11-14)7-6-12-4-2-1-3-5-12/h1-11H,17H2,(H2,16,19)/b7-6+. The summed E-state index contributed by atoms with van der Waals surface area (Å²) in [5.41, 5.74) is 8.48. The highest BCUT2D eigenvalue weighted by Gasteiger charge is 2.02. The van der Waals surface area contributed by atoms with Crippen LogP contribution in [0.1, 0.15) is 11.1 Å². The Morgan fingerprint density at radius 3 is 1.95 bits per heavy atom. The Kier molecular flexibility index (Phi) is 4.28. The molecular weight excluding hydrogens is 254 g/mol. The second-order valence-electron chi connectivity index (χ2n) is 4.04. The molecule has 0 saturated heterocycles. The van der Waals surface area contributed by atoms with E-state index in [4.69, 9.17) is 23.8 Å². The van der Waals surface area contributed by atoms with Crippen LogP contribution < -0.4 is 16.6 Å². The van der Waals surface area contributed by atoms with Gasteiger partial charge in [-0.25, -0.2) is 5.84 Å². The normalized spacial score (nSPS) is 10.6. The van der Waals surface area contributed by atoms with Crippen LogP contribution in [-0.4, -0.2) is 5.11 Å². The summed E-state index contributed by atoms with van der Waals surface area (Å²) in [6.45, 7) is 0. The van der Waals surface area contributed by atoms with Gasteiger partial charge >= 0.3 is 0 Å². The van der Waals surface area contributed by atoms with E-state index in [0.29, 0.717) is 0 Å². The van der Waals surface area contributed by atoms with Crippen LogP contribution in [-0.2, 0) is 0 Å². The maximum absolute atomic E-state index is 5.70. The van der Waals surface area contributed by atoms with E-state index in [9.17, 15) is 0 Å². The van der Waals surface area contributed by atoms with Crippen molar-refractivity contribution < 1.29 is 0 Å². The fraction of sp³-hybridized carbons (Fsp3) is 0. The van der Waals surface area contributed by atoms with Gasteiger partial charge in [-0.15, -0.1) is 0 Å². The number of hydrogen-bond acceptors (Lipinski definition) is 2. The smallest absolute Gasteiger partial charge is 0.185 e. The Labute approximate surface area is 118 Å². The predicted octanol–water partition coefficient (Wildman–Crippen LogP) is 2.78. The topological polar surface area (TPSA) is 55.3 Å². The first-order valence-electron chi connectivity index (χ1n) is 5.84. The molecule has 19 heavy (non-hydrogen) atoms. The maximum atomic E-state index is 5.70. The summed E-state index contributed by atoms with van der Waals surface area (Å²) in [6, 6.07) is 17.8. The monoisotopic (exact) mass is 269 g/mol. The first-order valence-corrected chi connectivity index (χ1v) is 6.25. The molecule has 0 aromatic heterocycles. The molecule has 0 aliphatic carbocycles. The minimum Gasteiger partial charge on any atom is -0.375 e. The molecule has 0 saturated carbocycles. The fourth-order valence-corrected chi connectivity index (χ4v) is 1.74. The van der Waals surface area contributed by atoms with E-state index in [-0.39, 0.29) is 5.11 Å². The molecule has 4 N–H and O–H groups in total. The zero-order valence-electron chi connectivity index (χ0n) is 10.4. The predicted molar refractivity (Wildman–Crippen MR) is 85.3 cm³/mol. The lowest BCUT2D eigenvalue weighted by Crippen LogP contribution is -2.41. The summed E-state index contributed by atoms with van der Waals surface area (Å²) in [4.78, 5) is 0. The van der Waals surface area contributed by atoms with E-state index in [2.05, 4.69) is 18.2 Å². The average molecular weight is 269 g/mol. The molecule has 0 bridgehead atoms. The Hall–Kier alpha value is -2.17. The summed E-state index contributed by atoms with van der Waals surface area (Å²) in [5.74, 6) is 5.70. The number of anilines is 1. The summed E-state index contributed by atoms with van der Waals surface area (Å²) < 4.78 is 0. The van der Waals surface area contributed by atoms with E-state index in [0.717, 1.165) is 16.8 Å². The molecule has 0 heterocycles. The van der Waals surface area contributed by atoms with Gasteiger partial charge in [0.1, 0.15) is 0 Å². The number of nitrogens with two attached hydrogens (primary N) is 2. The average Bonchev–Trinajstić information content (AvgIpc) is 2.46. The van der Waals surface area contributed by atoms with Gasteiger partial charge in [-0.2, -0.15) is 0 Å². The van der Waals surface area contributed by atoms with Gasteiger partial charge in [0.15, 0.2) is 5.11 Å². The van der Waals surface area contributed by atoms with Crippen molar-refractivity contribution >= 4 is 35.2 Å². The molecule has 2 aromatic rings. The van der Waals surface area contributed by atoms with E-state index in [1.165, 1.54) is 5.01 Å². The van der Waals surface area contributed by atoms with Crippen molar-refractivity contribution in [3.8, 4) is 0 Å². The first kappa shape index (κ1) is 13.3. The molecule has 0 spiro atoms. The van der Waals surface area contributed by atoms with Crippen molar-refractivity contribution in [3.63, 3.8) is 0 Å². The van der Waals surface area contributed by atoms with Gasteiger partial charge in [0.25, 0.3) is 0 Å². The number of benzene rings is 2. The third-order valence-electron chi connectivity index (χ3n) is 2.68. The third kappa shape index (κ3) is 3.64. The second kappa shape index (κ2) is 6.13. The van der Waals surface area contributed by atoms with Crippen molar-refractivity contribution in [2.45, 2.75) is 0 Å². The highest BCUT2D eigenvalue weighted by Crippen LogP contribution is 2.14. The third-order valence-corrected chi connectivity index (χ3v) is 2.87. The molecule has 2 rings (SSSR count). The van der Waals surface area contributed by atoms with Crippen molar-refractivity contribution in [2.75, 3.05) is 5.01 Å². The van der Waals surface area contributed by atoms with Gasteiger partial charge in [0.05, 0.1) is 5.69 Å². The van der Waals surface area contributed by atoms with Crippen LogP contribution in [0.3, 0.4) is 0 Å². The highest BCUT2D eigenvalue weighted by atomic mass is 32.1. The maximum Gasteiger partial charge on any atom is 0.185 e. The van der Waals surface area contributed by atoms with E-state index in [1.54, 1.807) is 0 Å². The van der Waals surface area contributed by atoms with Crippen molar-refractivity contribution in [1.82, 2.24) is 0 Å². The minimum atomic E-state index is 0.146. The number of thiocarbonyl (C=S) groups is 1. The van der Waals surface area contributed by atoms with Crippen LogP contribution in [0.2, 0.25) is 0 Å². The highest BCUT2D eigenvalue weighted by molar-refractivity contribution is 7.80. The number of hydrogen-bond donors (Lipinski definition) is 2. The molecule has 0 aliphatic heterocycles. The quantitative estimate of drug-likeness (QED) is 0.389. The molecule has 0 amide bonds. The molecule has 0 fully saturated rings. The van der Waals surface area contributed by atoms with Crippen molar-refractivity contribution in [3.05, 3.63) is 65.7 Å². The molecule has 0 aliphatic rings. The lowest BCUT2D eigenvalue weighted by molar-refractivity contribution is 1.13. The van der Waals surface area contributed by atoms with Gasteiger partial charge in [-0.05, 0) is 35.5 Å². The molecule has 4 heteroatoms. The van der Waals surface area contributed by atoms with Crippen molar-refractivity contribution in [2.24, 2.45) is 11.6 Å². The minimum absolute atomic E-state index is 0.146. The Bertz CT molecular complexity index is 576. The van der Waals surface area contributed by atoms with Crippen LogP contribution in [0.4, 0.5) is 5.69 Å². The van der Waals surface area contributed by atoms with Gasteiger partial charge in [-0.1, -0.05) is 54.6 Å². The van der Waals surface area contributed by atoms with Gasteiger partial charge in [0.2, 0.25) is 0 Å². The largest absolute Gasteiger partial charge is 0.375 e. The van der Waals surface area contributed by atoms with Gasteiger partial charge in [-0.3, -0.25) is 5.01 Å². The van der Waals surface area contributed by atoms with Gasteiger partial charge in [0, 0.05) is 0 Å². The van der Waals surface area contributed by atoms with E-state index in [1.807, 2.05) is 48.5 Å². The Morgan fingerprint density at radius 1 is 0.895 bits per heavy atom. The summed E-state index contributed by atoms with van der Waals surface area (Å²) in [5, 5.41) is 1.42. The zero-order valence-corrected chi connectivity index (χ0v) is 11.2. The number of hydrazine groups is 1. The Balaban J connectivity index is 2.11. The lowest BCUT2D eigenvalue weighted by atomic mass is 10.1. The lowest BCUT2D eigenvalue weighted by Gasteiger charge is -2.15.